The van der Waals surface area contributed by atoms with Crippen LogP contribution in [-0.2, 0) is 0 Å². The largest absolute Gasteiger partial charge is 0.388 e. The maximum absolute atomic E-state index is 9.97. The predicted molar refractivity (Wildman–Crippen MR) is 63.3 cm³/mol. The van der Waals surface area contributed by atoms with E-state index in [0.29, 0.717) is 5.92 Å². The first-order valence-corrected chi connectivity index (χ1v) is 5.76. The van der Waals surface area contributed by atoms with Gasteiger partial charge >= 0.3 is 0 Å². The number of rotatable bonds is 6. The summed E-state index contributed by atoms with van der Waals surface area (Å²) in [5, 5.41) is 9.97. The molecular weight excluding hydrogens is 172 g/mol. The molecule has 0 aromatic rings. The SMILES string of the molecule is CCCCC(C)(C)C(O)/C=C\C(C)C. The molecule has 0 amide bonds. The highest BCUT2D eigenvalue weighted by atomic mass is 16.3. The predicted octanol–water partition coefficient (Wildman–Crippen LogP) is 3.78. The molecule has 1 heteroatoms. The Bertz CT molecular complexity index is 168. The van der Waals surface area contributed by atoms with Crippen molar-refractivity contribution in [1.82, 2.24) is 0 Å². The highest BCUT2D eigenvalue weighted by Crippen LogP contribution is 2.28. The minimum absolute atomic E-state index is 0.0153. The molecule has 0 heterocycles. The van der Waals surface area contributed by atoms with Crippen molar-refractivity contribution in [2.45, 2.75) is 60.0 Å². The number of allylic oxidation sites excluding steroid dienone is 1. The number of aliphatic hydroxyl groups excluding tert-OH is 1. The number of unbranched alkanes of at least 4 members (excludes halogenated alkanes) is 1. The Labute approximate surface area is 89.2 Å². The van der Waals surface area contributed by atoms with E-state index in [1.54, 1.807) is 0 Å². The van der Waals surface area contributed by atoms with Gasteiger partial charge in [-0.25, -0.2) is 0 Å². The van der Waals surface area contributed by atoms with Crippen molar-refractivity contribution in [2.24, 2.45) is 11.3 Å². The second kappa shape index (κ2) is 6.23. The fourth-order valence-electron chi connectivity index (χ4n) is 1.37. The third kappa shape index (κ3) is 5.43. The van der Waals surface area contributed by atoms with Gasteiger partial charge in [-0.3, -0.25) is 0 Å². The van der Waals surface area contributed by atoms with E-state index in [-0.39, 0.29) is 11.5 Å². The van der Waals surface area contributed by atoms with Crippen molar-refractivity contribution < 1.29 is 5.11 Å². The van der Waals surface area contributed by atoms with Gasteiger partial charge in [0, 0.05) is 0 Å². The summed E-state index contributed by atoms with van der Waals surface area (Å²) in [4.78, 5) is 0. The van der Waals surface area contributed by atoms with Gasteiger partial charge in [-0.1, -0.05) is 59.6 Å². The zero-order chi connectivity index (χ0) is 11.2. The molecular formula is C13H26O. The third-order valence-electron chi connectivity index (χ3n) is 2.65. The van der Waals surface area contributed by atoms with E-state index >= 15 is 0 Å². The maximum atomic E-state index is 9.97. The Morgan fingerprint density at radius 1 is 1.21 bits per heavy atom. The minimum atomic E-state index is -0.309. The molecule has 0 aromatic heterocycles. The van der Waals surface area contributed by atoms with Crippen LogP contribution in [0.4, 0.5) is 0 Å². The van der Waals surface area contributed by atoms with Crippen molar-refractivity contribution in [3.8, 4) is 0 Å². The lowest BCUT2D eigenvalue weighted by atomic mass is 9.81. The molecule has 1 unspecified atom stereocenters. The molecule has 0 fully saturated rings. The standard InChI is InChI=1S/C13H26O/c1-6-7-10-13(4,5)12(14)9-8-11(2)3/h8-9,11-12,14H,6-7,10H2,1-5H3/b9-8-. The molecule has 0 saturated carbocycles. The van der Waals surface area contributed by atoms with Crippen LogP contribution in [-0.4, -0.2) is 11.2 Å². The van der Waals surface area contributed by atoms with Gasteiger partial charge < -0.3 is 5.11 Å². The van der Waals surface area contributed by atoms with Crippen LogP contribution in [0.5, 0.6) is 0 Å². The van der Waals surface area contributed by atoms with E-state index < -0.39 is 0 Å². The summed E-state index contributed by atoms with van der Waals surface area (Å²) in [7, 11) is 0. The van der Waals surface area contributed by atoms with Crippen LogP contribution in [0, 0.1) is 11.3 Å². The zero-order valence-electron chi connectivity index (χ0n) is 10.4. The highest BCUT2D eigenvalue weighted by Gasteiger charge is 2.24. The van der Waals surface area contributed by atoms with Crippen molar-refractivity contribution in [3.63, 3.8) is 0 Å². The fraction of sp³-hybridized carbons (Fsp3) is 0.846. The van der Waals surface area contributed by atoms with Gasteiger partial charge in [0.15, 0.2) is 0 Å². The van der Waals surface area contributed by atoms with Crippen molar-refractivity contribution in [1.29, 1.82) is 0 Å². The van der Waals surface area contributed by atoms with Crippen LogP contribution < -0.4 is 0 Å². The van der Waals surface area contributed by atoms with Crippen LogP contribution in [0.25, 0.3) is 0 Å². The Hall–Kier alpha value is -0.300. The molecule has 0 radical (unpaired) electrons. The summed E-state index contributed by atoms with van der Waals surface area (Å²) in [5.41, 5.74) is 0.0153. The first-order valence-electron chi connectivity index (χ1n) is 5.76. The van der Waals surface area contributed by atoms with Crippen LogP contribution >= 0.6 is 0 Å². The van der Waals surface area contributed by atoms with Gasteiger partial charge in [0.2, 0.25) is 0 Å². The van der Waals surface area contributed by atoms with E-state index in [2.05, 4.69) is 40.7 Å². The van der Waals surface area contributed by atoms with Crippen LogP contribution in [0.2, 0.25) is 0 Å². The van der Waals surface area contributed by atoms with Crippen LogP contribution in [0.1, 0.15) is 53.9 Å². The monoisotopic (exact) mass is 198 g/mol. The molecule has 1 N–H and O–H groups in total. The fourth-order valence-corrected chi connectivity index (χ4v) is 1.37. The van der Waals surface area contributed by atoms with Crippen LogP contribution in [0.15, 0.2) is 12.2 Å². The first-order chi connectivity index (χ1) is 6.40. The lowest BCUT2D eigenvalue weighted by Gasteiger charge is -2.28. The topological polar surface area (TPSA) is 20.2 Å². The summed E-state index contributed by atoms with van der Waals surface area (Å²) in [6, 6.07) is 0. The molecule has 14 heavy (non-hydrogen) atoms. The lowest BCUT2D eigenvalue weighted by molar-refractivity contribution is 0.0812. The normalized spacial score (nSPS) is 15.4. The maximum Gasteiger partial charge on any atom is 0.0771 e. The third-order valence-corrected chi connectivity index (χ3v) is 2.65. The zero-order valence-corrected chi connectivity index (χ0v) is 10.4. The van der Waals surface area contributed by atoms with Crippen molar-refractivity contribution >= 4 is 0 Å². The van der Waals surface area contributed by atoms with Crippen molar-refractivity contribution in [3.05, 3.63) is 12.2 Å². The highest BCUT2D eigenvalue weighted by molar-refractivity contribution is 4.97. The number of hydrogen-bond donors (Lipinski definition) is 1. The summed E-state index contributed by atoms with van der Waals surface area (Å²) >= 11 is 0. The molecule has 0 rings (SSSR count). The summed E-state index contributed by atoms with van der Waals surface area (Å²) in [6.07, 6.45) is 7.20. The average Bonchev–Trinajstić information content (AvgIpc) is 2.10. The molecule has 0 aromatic carbocycles. The number of hydrogen-bond acceptors (Lipinski definition) is 1. The second-order valence-corrected chi connectivity index (χ2v) is 5.17. The minimum Gasteiger partial charge on any atom is -0.388 e. The molecule has 0 aliphatic carbocycles. The van der Waals surface area contributed by atoms with Gasteiger partial charge in [0.1, 0.15) is 0 Å². The molecule has 1 atom stereocenters. The number of aliphatic hydroxyl groups is 1. The Kier molecular flexibility index (Phi) is 6.10. The van der Waals surface area contributed by atoms with E-state index in [4.69, 9.17) is 0 Å². The molecule has 1 nitrogen and oxygen atoms in total. The summed E-state index contributed by atoms with van der Waals surface area (Å²) < 4.78 is 0. The van der Waals surface area contributed by atoms with Gasteiger partial charge in [-0.05, 0) is 17.8 Å². The molecule has 0 aliphatic heterocycles. The van der Waals surface area contributed by atoms with E-state index in [9.17, 15) is 5.11 Å². The van der Waals surface area contributed by atoms with Gasteiger partial charge in [0.25, 0.3) is 0 Å². The molecule has 0 spiro atoms. The smallest absolute Gasteiger partial charge is 0.0771 e. The second-order valence-electron chi connectivity index (χ2n) is 5.17. The Morgan fingerprint density at radius 2 is 1.79 bits per heavy atom. The molecule has 0 bridgehead atoms. The molecule has 0 aliphatic rings. The molecule has 0 saturated heterocycles. The van der Waals surface area contributed by atoms with Crippen molar-refractivity contribution in [2.75, 3.05) is 0 Å². The summed E-state index contributed by atoms with van der Waals surface area (Å²) in [5.74, 6) is 0.520. The van der Waals surface area contributed by atoms with E-state index in [0.717, 1.165) is 6.42 Å². The van der Waals surface area contributed by atoms with Gasteiger partial charge in [-0.2, -0.15) is 0 Å². The molecule has 84 valence electrons. The van der Waals surface area contributed by atoms with Crippen LogP contribution in [0.3, 0.4) is 0 Å². The van der Waals surface area contributed by atoms with E-state index in [1.807, 2.05) is 6.08 Å². The summed E-state index contributed by atoms with van der Waals surface area (Å²) in [6.45, 7) is 10.7. The Morgan fingerprint density at radius 3 is 2.21 bits per heavy atom. The lowest BCUT2D eigenvalue weighted by Crippen LogP contribution is -2.27. The van der Waals surface area contributed by atoms with Gasteiger partial charge in [-0.15, -0.1) is 0 Å². The van der Waals surface area contributed by atoms with Gasteiger partial charge in [0.05, 0.1) is 6.10 Å². The quantitative estimate of drug-likeness (QED) is 0.644. The Balaban J connectivity index is 4.12. The average molecular weight is 198 g/mol. The first kappa shape index (κ1) is 13.7. The van der Waals surface area contributed by atoms with E-state index in [1.165, 1.54) is 12.8 Å².